The highest BCUT2D eigenvalue weighted by Crippen LogP contribution is 2.39. The molecule has 2 rings (SSSR count). The van der Waals surface area contributed by atoms with E-state index in [1.54, 1.807) is 0 Å². The van der Waals surface area contributed by atoms with Crippen molar-refractivity contribution in [3.8, 4) is 0 Å². The lowest BCUT2D eigenvalue weighted by atomic mass is 9.70. The lowest BCUT2D eigenvalue weighted by Crippen LogP contribution is -2.46. The van der Waals surface area contributed by atoms with E-state index in [0.29, 0.717) is 5.41 Å². The van der Waals surface area contributed by atoms with Gasteiger partial charge in [-0.05, 0) is 56.3 Å². The van der Waals surface area contributed by atoms with Crippen molar-refractivity contribution >= 4 is 0 Å². The molecule has 2 fully saturated rings. The lowest BCUT2D eigenvalue weighted by molar-refractivity contribution is 0.139. The van der Waals surface area contributed by atoms with Crippen molar-refractivity contribution in [2.45, 2.75) is 84.7 Å². The summed E-state index contributed by atoms with van der Waals surface area (Å²) in [5.41, 5.74) is 0.546. The molecule has 2 unspecified atom stereocenters. The van der Waals surface area contributed by atoms with Crippen molar-refractivity contribution in [2.75, 3.05) is 0 Å². The van der Waals surface area contributed by atoms with Crippen molar-refractivity contribution in [1.82, 2.24) is 5.32 Å². The summed E-state index contributed by atoms with van der Waals surface area (Å²) in [5, 5.41) is 3.95. The van der Waals surface area contributed by atoms with E-state index in [4.69, 9.17) is 0 Å². The van der Waals surface area contributed by atoms with Crippen LogP contribution in [0.25, 0.3) is 0 Å². The van der Waals surface area contributed by atoms with Gasteiger partial charge in [0.05, 0.1) is 0 Å². The molecule has 0 aromatic carbocycles. The monoisotopic (exact) mass is 237 g/mol. The predicted molar refractivity (Wildman–Crippen MR) is 75.1 cm³/mol. The summed E-state index contributed by atoms with van der Waals surface area (Å²) in [6.45, 7) is 9.73. The molecule has 0 amide bonds. The molecule has 0 radical (unpaired) electrons. The van der Waals surface area contributed by atoms with Gasteiger partial charge in [0.25, 0.3) is 0 Å². The Morgan fingerprint density at radius 2 is 1.76 bits per heavy atom. The summed E-state index contributed by atoms with van der Waals surface area (Å²) in [7, 11) is 0. The average molecular weight is 237 g/mol. The quantitative estimate of drug-likeness (QED) is 0.768. The highest BCUT2D eigenvalue weighted by Gasteiger charge is 2.33. The molecule has 1 heteroatoms. The van der Waals surface area contributed by atoms with Gasteiger partial charge in [0.15, 0.2) is 0 Å². The second-order valence-electron chi connectivity index (χ2n) is 7.61. The Hall–Kier alpha value is -0.0400. The van der Waals surface area contributed by atoms with Gasteiger partial charge in [0, 0.05) is 12.1 Å². The largest absolute Gasteiger partial charge is 0.311 e. The normalized spacial score (nSPS) is 36.0. The molecule has 3 atom stereocenters. The van der Waals surface area contributed by atoms with Crippen LogP contribution in [0.15, 0.2) is 0 Å². The Kier molecular flexibility index (Phi) is 4.18. The van der Waals surface area contributed by atoms with Crippen molar-refractivity contribution in [3.63, 3.8) is 0 Å². The maximum Gasteiger partial charge on any atom is 0.00772 e. The number of hydrogen-bond acceptors (Lipinski definition) is 1. The molecule has 2 aliphatic rings. The van der Waals surface area contributed by atoms with E-state index in [1.165, 1.54) is 44.9 Å². The zero-order chi connectivity index (χ0) is 12.5. The van der Waals surface area contributed by atoms with E-state index < -0.39 is 0 Å². The lowest BCUT2D eigenvalue weighted by Gasteiger charge is -2.41. The van der Waals surface area contributed by atoms with E-state index >= 15 is 0 Å². The van der Waals surface area contributed by atoms with Gasteiger partial charge in [-0.2, -0.15) is 0 Å². The SMILES string of the molecule is CC1CC(N[C@H](C)C2CCCC2)CC(C)(C)C1. The van der Waals surface area contributed by atoms with Crippen LogP contribution in [-0.2, 0) is 0 Å². The minimum Gasteiger partial charge on any atom is -0.311 e. The topological polar surface area (TPSA) is 12.0 Å². The van der Waals surface area contributed by atoms with E-state index in [-0.39, 0.29) is 0 Å². The number of nitrogens with one attached hydrogen (secondary N) is 1. The Morgan fingerprint density at radius 1 is 1.12 bits per heavy atom. The molecule has 0 spiro atoms. The van der Waals surface area contributed by atoms with E-state index in [2.05, 4.69) is 33.0 Å². The first-order chi connectivity index (χ1) is 7.96. The minimum absolute atomic E-state index is 0.546. The fourth-order valence-corrected chi connectivity index (χ4v) is 4.44. The van der Waals surface area contributed by atoms with Crippen molar-refractivity contribution in [1.29, 1.82) is 0 Å². The summed E-state index contributed by atoms with van der Waals surface area (Å²) in [4.78, 5) is 0. The standard InChI is InChI=1S/C16H31N/c1-12-9-15(11-16(3,4)10-12)17-13(2)14-7-5-6-8-14/h12-15,17H,5-11H2,1-4H3/t12?,13-,15?/m1/s1. The Balaban J connectivity index is 1.85. The van der Waals surface area contributed by atoms with Gasteiger partial charge in [-0.3, -0.25) is 0 Å². The van der Waals surface area contributed by atoms with Gasteiger partial charge in [0.2, 0.25) is 0 Å². The highest BCUT2D eigenvalue weighted by molar-refractivity contribution is 4.89. The number of rotatable bonds is 3. The van der Waals surface area contributed by atoms with Crippen LogP contribution in [0.1, 0.15) is 72.6 Å². The minimum atomic E-state index is 0.546. The molecule has 2 aliphatic carbocycles. The fraction of sp³-hybridized carbons (Fsp3) is 1.00. The molecule has 0 aromatic rings. The Labute approximate surface area is 108 Å². The van der Waals surface area contributed by atoms with Crippen LogP contribution < -0.4 is 5.32 Å². The molecule has 1 nitrogen and oxygen atoms in total. The summed E-state index contributed by atoms with van der Waals surface area (Å²) in [6.07, 6.45) is 10.0. The summed E-state index contributed by atoms with van der Waals surface area (Å²) in [5.74, 6) is 1.85. The van der Waals surface area contributed by atoms with Crippen LogP contribution in [0, 0.1) is 17.3 Å². The van der Waals surface area contributed by atoms with E-state index in [0.717, 1.165) is 23.9 Å². The molecule has 2 saturated carbocycles. The highest BCUT2D eigenvalue weighted by atomic mass is 15.0. The third-order valence-corrected chi connectivity index (χ3v) is 4.99. The molecular formula is C16H31N. The molecule has 0 aromatic heterocycles. The Morgan fingerprint density at radius 3 is 2.35 bits per heavy atom. The van der Waals surface area contributed by atoms with E-state index in [1.807, 2.05) is 0 Å². The van der Waals surface area contributed by atoms with Crippen LogP contribution in [-0.4, -0.2) is 12.1 Å². The van der Waals surface area contributed by atoms with Gasteiger partial charge in [0.1, 0.15) is 0 Å². The van der Waals surface area contributed by atoms with E-state index in [9.17, 15) is 0 Å². The molecule has 100 valence electrons. The summed E-state index contributed by atoms with van der Waals surface area (Å²) in [6, 6.07) is 1.51. The van der Waals surface area contributed by atoms with Gasteiger partial charge < -0.3 is 5.32 Å². The molecule has 0 aliphatic heterocycles. The van der Waals surface area contributed by atoms with Gasteiger partial charge in [-0.25, -0.2) is 0 Å². The number of hydrogen-bond donors (Lipinski definition) is 1. The van der Waals surface area contributed by atoms with Crippen molar-refractivity contribution in [2.24, 2.45) is 17.3 Å². The zero-order valence-corrected chi connectivity index (χ0v) is 12.3. The Bertz CT molecular complexity index is 240. The molecule has 17 heavy (non-hydrogen) atoms. The van der Waals surface area contributed by atoms with Gasteiger partial charge >= 0.3 is 0 Å². The second-order valence-corrected chi connectivity index (χ2v) is 7.61. The smallest absolute Gasteiger partial charge is 0.00772 e. The van der Waals surface area contributed by atoms with Crippen molar-refractivity contribution in [3.05, 3.63) is 0 Å². The van der Waals surface area contributed by atoms with Crippen LogP contribution in [0.2, 0.25) is 0 Å². The molecule has 1 N–H and O–H groups in total. The third kappa shape index (κ3) is 3.71. The molecule has 0 bridgehead atoms. The first-order valence-electron chi connectivity index (χ1n) is 7.72. The van der Waals surface area contributed by atoms with Crippen LogP contribution >= 0.6 is 0 Å². The first kappa shape index (κ1) is 13.4. The molecule has 0 heterocycles. The van der Waals surface area contributed by atoms with Crippen LogP contribution in [0.4, 0.5) is 0 Å². The second kappa shape index (κ2) is 5.30. The maximum atomic E-state index is 3.95. The van der Waals surface area contributed by atoms with Crippen molar-refractivity contribution < 1.29 is 0 Å². The molecular weight excluding hydrogens is 206 g/mol. The zero-order valence-electron chi connectivity index (χ0n) is 12.3. The predicted octanol–water partition coefficient (Wildman–Crippen LogP) is 4.37. The van der Waals surface area contributed by atoms with Crippen LogP contribution in [0.5, 0.6) is 0 Å². The summed E-state index contributed by atoms with van der Waals surface area (Å²) < 4.78 is 0. The van der Waals surface area contributed by atoms with Gasteiger partial charge in [-0.1, -0.05) is 33.6 Å². The average Bonchev–Trinajstić information content (AvgIpc) is 2.65. The fourth-order valence-electron chi connectivity index (χ4n) is 4.44. The molecule has 0 saturated heterocycles. The van der Waals surface area contributed by atoms with Gasteiger partial charge in [-0.15, -0.1) is 0 Å². The summed E-state index contributed by atoms with van der Waals surface area (Å²) >= 11 is 0. The first-order valence-corrected chi connectivity index (χ1v) is 7.72. The van der Waals surface area contributed by atoms with Crippen LogP contribution in [0.3, 0.4) is 0 Å². The third-order valence-electron chi connectivity index (χ3n) is 4.99. The maximum absolute atomic E-state index is 3.95.